The molecule has 16 heavy (non-hydrogen) atoms. The Hall–Kier alpha value is -1.28. The van der Waals surface area contributed by atoms with Crippen molar-refractivity contribution < 1.29 is 0 Å². The molecule has 0 aromatic heterocycles. The molecule has 1 aromatic rings. The lowest BCUT2D eigenvalue weighted by Gasteiger charge is -2.29. The quantitative estimate of drug-likeness (QED) is 0.476. The molecule has 1 aliphatic rings. The summed E-state index contributed by atoms with van der Waals surface area (Å²) in [5.74, 6) is 0. The number of nitrogens with two attached hydrogens (primary N) is 1. The zero-order chi connectivity index (χ0) is 11.4. The smallest absolute Gasteiger partial charge is 0.0350 e. The van der Waals surface area contributed by atoms with Crippen molar-refractivity contribution in [3.8, 4) is 0 Å². The van der Waals surface area contributed by atoms with Gasteiger partial charge in [-0.15, -0.1) is 6.58 Å². The summed E-state index contributed by atoms with van der Waals surface area (Å²) in [5, 5.41) is 0. The molecule has 0 atom stereocenters. The predicted octanol–water partition coefficient (Wildman–Crippen LogP) is 2.59. The van der Waals surface area contributed by atoms with E-state index in [4.69, 9.17) is 5.73 Å². The molecule has 1 heterocycles. The van der Waals surface area contributed by atoms with Gasteiger partial charge in [-0.25, -0.2) is 0 Å². The van der Waals surface area contributed by atoms with Crippen LogP contribution < -0.4 is 5.73 Å². The minimum atomic E-state index is 0.961. The molecule has 1 aromatic carbocycles. The molecule has 0 bridgehead atoms. The second-order valence-corrected chi connectivity index (χ2v) is 4.44. The first kappa shape index (κ1) is 11.2. The number of nitrogens with zero attached hydrogens (tertiary/aromatic N) is 1. The number of hydrogen-bond acceptors (Lipinski definition) is 2. The fourth-order valence-corrected chi connectivity index (χ4v) is 2.35. The van der Waals surface area contributed by atoms with E-state index < -0.39 is 0 Å². The molecule has 0 spiro atoms. The van der Waals surface area contributed by atoms with E-state index in [1.165, 1.54) is 24.1 Å². The van der Waals surface area contributed by atoms with Crippen molar-refractivity contribution in [3.63, 3.8) is 0 Å². The summed E-state index contributed by atoms with van der Waals surface area (Å²) in [6.07, 6.45) is 5.41. The van der Waals surface area contributed by atoms with Gasteiger partial charge >= 0.3 is 0 Å². The summed E-state index contributed by atoms with van der Waals surface area (Å²) in [6, 6.07) is 6.26. The van der Waals surface area contributed by atoms with Crippen LogP contribution in [0, 0.1) is 0 Å². The number of allylic oxidation sites excluding steroid dienone is 1. The Kier molecular flexibility index (Phi) is 3.62. The second kappa shape index (κ2) is 5.17. The van der Waals surface area contributed by atoms with Crippen molar-refractivity contribution >= 4 is 5.69 Å². The van der Waals surface area contributed by atoms with Crippen molar-refractivity contribution in [1.82, 2.24) is 4.90 Å². The van der Waals surface area contributed by atoms with Crippen LogP contribution in [0.25, 0.3) is 0 Å². The van der Waals surface area contributed by atoms with Gasteiger partial charge in [0.15, 0.2) is 0 Å². The van der Waals surface area contributed by atoms with Gasteiger partial charge in [-0.3, -0.25) is 4.90 Å². The highest BCUT2D eigenvalue weighted by atomic mass is 15.1. The molecular formula is C14H20N2. The van der Waals surface area contributed by atoms with E-state index in [2.05, 4.69) is 23.6 Å². The van der Waals surface area contributed by atoms with E-state index >= 15 is 0 Å². The highest BCUT2D eigenvalue weighted by Crippen LogP contribution is 2.24. The highest BCUT2D eigenvalue weighted by molar-refractivity contribution is 5.51. The number of fused-ring (bicyclic) bond motifs is 1. The Morgan fingerprint density at radius 3 is 3.12 bits per heavy atom. The number of unbranched alkanes of at least 4 members (excludes halogenated alkanes) is 1. The summed E-state index contributed by atoms with van der Waals surface area (Å²) in [6.45, 7) is 7.11. The van der Waals surface area contributed by atoms with Crippen molar-refractivity contribution in [2.75, 3.05) is 18.8 Å². The maximum absolute atomic E-state index is 5.98. The number of anilines is 1. The standard InChI is InChI=1S/C14H20N2/c1-2-3-4-9-16-10-8-13-12(11-16)6-5-7-14(13)15/h2,5-7H,1,3-4,8-11,15H2. The van der Waals surface area contributed by atoms with E-state index in [9.17, 15) is 0 Å². The Morgan fingerprint density at radius 1 is 1.44 bits per heavy atom. The van der Waals surface area contributed by atoms with Gasteiger partial charge in [0.25, 0.3) is 0 Å². The van der Waals surface area contributed by atoms with Crippen molar-refractivity contribution in [1.29, 1.82) is 0 Å². The number of hydrogen-bond donors (Lipinski definition) is 1. The molecule has 0 saturated carbocycles. The van der Waals surface area contributed by atoms with Crippen molar-refractivity contribution in [3.05, 3.63) is 42.0 Å². The lowest BCUT2D eigenvalue weighted by atomic mass is 9.98. The van der Waals surface area contributed by atoms with Crippen LogP contribution >= 0.6 is 0 Å². The summed E-state index contributed by atoms with van der Waals surface area (Å²) in [4.78, 5) is 2.51. The summed E-state index contributed by atoms with van der Waals surface area (Å²) >= 11 is 0. The normalized spacial score (nSPS) is 15.8. The van der Waals surface area contributed by atoms with Gasteiger partial charge in [0.2, 0.25) is 0 Å². The van der Waals surface area contributed by atoms with Gasteiger partial charge in [0.1, 0.15) is 0 Å². The molecule has 0 fully saturated rings. The Balaban J connectivity index is 1.98. The van der Waals surface area contributed by atoms with Crippen molar-refractivity contribution in [2.45, 2.75) is 25.8 Å². The van der Waals surface area contributed by atoms with E-state index in [1.807, 2.05) is 12.1 Å². The van der Waals surface area contributed by atoms with Crippen LogP contribution in [0.1, 0.15) is 24.0 Å². The van der Waals surface area contributed by atoms with Crippen LogP contribution in [-0.4, -0.2) is 18.0 Å². The average Bonchev–Trinajstić information content (AvgIpc) is 2.30. The molecule has 0 amide bonds. The minimum Gasteiger partial charge on any atom is -0.398 e. The van der Waals surface area contributed by atoms with Gasteiger partial charge in [-0.05, 0) is 43.0 Å². The molecule has 86 valence electrons. The zero-order valence-electron chi connectivity index (χ0n) is 9.78. The maximum atomic E-state index is 5.98. The first-order chi connectivity index (χ1) is 7.81. The average molecular weight is 216 g/mol. The second-order valence-electron chi connectivity index (χ2n) is 4.44. The lowest BCUT2D eigenvalue weighted by Crippen LogP contribution is -2.31. The monoisotopic (exact) mass is 216 g/mol. The molecule has 1 aliphatic heterocycles. The molecule has 0 radical (unpaired) electrons. The van der Waals surface area contributed by atoms with Crippen LogP contribution in [0.5, 0.6) is 0 Å². The van der Waals surface area contributed by atoms with E-state index in [-0.39, 0.29) is 0 Å². The minimum absolute atomic E-state index is 0.961. The largest absolute Gasteiger partial charge is 0.398 e. The maximum Gasteiger partial charge on any atom is 0.0350 e. The van der Waals surface area contributed by atoms with E-state index in [0.717, 1.165) is 31.6 Å². The van der Waals surface area contributed by atoms with Crippen molar-refractivity contribution in [2.24, 2.45) is 0 Å². The van der Waals surface area contributed by atoms with Crippen LogP contribution in [0.4, 0.5) is 5.69 Å². The van der Waals surface area contributed by atoms with Gasteiger partial charge in [-0.2, -0.15) is 0 Å². The first-order valence-corrected chi connectivity index (χ1v) is 6.00. The van der Waals surface area contributed by atoms with Crippen LogP contribution in [0.3, 0.4) is 0 Å². The van der Waals surface area contributed by atoms with Gasteiger partial charge < -0.3 is 5.73 Å². The Morgan fingerprint density at radius 2 is 2.31 bits per heavy atom. The topological polar surface area (TPSA) is 29.3 Å². The molecule has 2 rings (SSSR count). The first-order valence-electron chi connectivity index (χ1n) is 6.00. The fourth-order valence-electron chi connectivity index (χ4n) is 2.35. The summed E-state index contributed by atoms with van der Waals surface area (Å²) in [5.41, 5.74) is 9.71. The SMILES string of the molecule is C=CCCCN1CCc2c(N)cccc2C1. The highest BCUT2D eigenvalue weighted by Gasteiger charge is 2.16. The molecule has 0 unspecified atom stereocenters. The summed E-state index contributed by atoms with van der Waals surface area (Å²) in [7, 11) is 0. The number of rotatable bonds is 4. The third kappa shape index (κ3) is 2.45. The van der Waals surface area contributed by atoms with Gasteiger partial charge in [0, 0.05) is 18.8 Å². The Labute approximate surface area is 97.8 Å². The third-order valence-corrected chi connectivity index (χ3v) is 3.26. The Bertz CT molecular complexity index is 371. The van der Waals surface area contributed by atoms with Gasteiger partial charge in [0.05, 0.1) is 0 Å². The zero-order valence-corrected chi connectivity index (χ0v) is 9.78. The molecule has 2 nitrogen and oxygen atoms in total. The predicted molar refractivity (Wildman–Crippen MR) is 69.3 cm³/mol. The molecule has 0 saturated heterocycles. The summed E-state index contributed by atoms with van der Waals surface area (Å²) < 4.78 is 0. The molecular weight excluding hydrogens is 196 g/mol. The third-order valence-electron chi connectivity index (χ3n) is 3.26. The molecule has 2 heteroatoms. The van der Waals surface area contributed by atoms with Crippen LogP contribution in [0.2, 0.25) is 0 Å². The molecule has 0 aliphatic carbocycles. The van der Waals surface area contributed by atoms with Gasteiger partial charge in [-0.1, -0.05) is 18.2 Å². The molecule has 2 N–H and O–H groups in total. The van der Waals surface area contributed by atoms with E-state index in [1.54, 1.807) is 0 Å². The van der Waals surface area contributed by atoms with Crippen LogP contribution in [0.15, 0.2) is 30.9 Å². The fraction of sp³-hybridized carbons (Fsp3) is 0.429. The number of nitrogen functional groups attached to an aromatic ring is 1. The van der Waals surface area contributed by atoms with E-state index in [0.29, 0.717) is 0 Å². The number of benzene rings is 1. The van der Waals surface area contributed by atoms with Crippen LogP contribution in [-0.2, 0) is 13.0 Å². The lowest BCUT2D eigenvalue weighted by molar-refractivity contribution is 0.252.